The number of rotatable bonds is 4. The maximum absolute atomic E-state index is 12.9. The van der Waals surface area contributed by atoms with Crippen LogP contribution >= 0.6 is 15.9 Å². The smallest absolute Gasteiger partial charge is 0.243 e. The molecule has 0 aliphatic carbocycles. The molecule has 1 aromatic rings. The Balaban J connectivity index is 2.38. The molecule has 0 radical (unpaired) electrons. The molecule has 0 bridgehead atoms. The minimum atomic E-state index is -3.43. The summed E-state index contributed by atoms with van der Waals surface area (Å²) in [6.07, 6.45) is 1.75. The molecule has 0 saturated carbocycles. The molecule has 6 heteroatoms. The molecule has 0 atom stereocenters. The van der Waals surface area contributed by atoms with Crippen LogP contribution in [0.25, 0.3) is 0 Å². The van der Waals surface area contributed by atoms with Crippen LogP contribution < -0.4 is 5.32 Å². The van der Waals surface area contributed by atoms with E-state index >= 15 is 0 Å². The Morgan fingerprint density at radius 1 is 1.35 bits per heavy atom. The van der Waals surface area contributed by atoms with E-state index in [1.807, 2.05) is 26.0 Å². The minimum Gasteiger partial charge on any atom is -0.317 e. The Kier molecular flexibility index (Phi) is 5.23. The van der Waals surface area contributed by atoms with Gasteiger partial charge in [-0.1, -0.05) is 28.9 Å². The molecule has 0 aromatic heterocycles. The zero-order chi connectivity index (χ0) is 14.8. The molecule has 20 heavy (non-hydrogen) atoms. The topological polar surface area (TPSA) is 49.4 Å². The number of hydrogen-bond acceptors (Lipinski definition) is 3. The van der Waals surface area contributed by atoms with E-state index in [4.69, 9.17) is 0 Å². The van der Waals surface area contributed by atoms with Gasteiger partial charge in [0.25, 0.3) is 0 Å². The average molecular weight is 361 g/mol. The maximum atomic E-state index is 12.9. The molecule has 1 aromatic carbocycles. The van der Waals surface area contributed by atoms with Crippen molar-refractivity contribution in [1.29, 1.82) is 0 Å². The number of nitrogens with one attached hydrogen (secondary N) is 1. The Morgan fingerprint density at radius 3 is 2.60 bits per heavy atom. The molecule has 0 unspecified atom stereocenters. The first-order chi connectivity index (χ1) is 9.46. The van der Waals surface area contributed by atoms with Crippen molar-refractivity contribution in [3.05, 3.63) is 28.2 Å². The lowest BCUT2D eigenvalue weighted by molar-refractivity contribution is 0.270. The summed E-state index contributed by atoms with van der Waals surface area (Å²) in [5, 5.41) is 3.28. The van der Waals surface area contributed by atoms with Crippen molar-refractivity contribution < 1.29 is 8.42 Å². The third-order valence-electron chi connectivity index (χ3n) is 3.76. The van der Waals surface area contributed by atoms with Gasteiger partial charge in [0.1, 0.15) is 0 Å². The number of sulfonamides is 1. The summed E-state index contributed by atoms with van der Waals surface area (Å²) in [5.74, 6) is 0. The third kappa shape index (κ3) is 3.24. The monoisotopic (exact) mass is 360 g/mol. The highest BCUT2D eigenvalue weighted by Gasteiger charge is 2.32. The summed E-state index contributed by atoms with van der Waals surface area (Å²) in [6.45, 7) is 6.03. The largest absolute Gasteiger partial charge is 0.317 e. The lowest BCUT2D eigenvalue weighted by Gasteiger charge is -2.33. The molecule has 1 N–H and O–H groups in total. The van der Waals surface area contributed by atoms with Crippen molar-refractivity contribution in [2.75, 3.05) is 19.6 Å². The number of aryl methyl sites for hydroxylation is 1. The molecular weight excluding hydrogens is 340 g/mol. The Labute approximate surface area is 129 Å². The predicted octanol–water partition coefficient (Wildman–Crippen LogP) is 2.52. The minimum absolute atomic E-state index is 0.102. The van der Waals surface area contributed by atoms with Crippen molar-refractivity contribution in [2.45, 2.75) is 37.6 Å². The molecule has 4 nitrogen and oxygen atoms in total. The van der Waals surface area contributed by atoms with Crippen LogP contribution in [-0.4, -0.2) is 38.4 Å². The summed E-state index contributed by atoms with van der Waals surface area (Å²) in [5.41, 5.74) is 0.792. The molecule has 2 rings (SSSR count). The molecule has 1 aliphatic rings. The molecule has 0 spiro atoms. The highest BCUT2D eigenvalue weighted by Crippen LogP contribution is 2.27. The molecule has 0 amide bonds. The second kappa shape index (κ2) is 6.56. The summed E-state index contributed by atoms with van der Waals surface area (Å²) < 4.78 is 28.3. The van der Waals surface area contributed by atoms with Crippen LogP contribution in [0.2, 0.25) is 0 Å². The fourth-order valence-electron chi connectivity index (χ4n) is 2.70. The molecule has 1 aliphatic heterocycles. The highest BCUT2D eigenvalue weighted by atomic mass is 79.9. The Bertz CT molecular complexity index is 569. The van der Waals surface area contributed by atoms with E-state index in [9.17, 15) is 8.42 Å². The lowest BCUT2D eigenvalue weighted by atomic mass is 10.1. The average Bonchev–Trinajstić information content (AvgIpc) is 2.43. The first-order valence-electron chi connectivity index (χ1n) is 6.95. The van der Waals surface area contributed by atoms with Gasteiger partial charge >= 0.3 is 0 Å². The van der Waals surface area contributed by atoms with Gasteiger partial charge in [-0.3, -0.25) is 0 Å². The number of nitrogens with zero attached hydrogens (tertiary/aromatic N) is 1. The molecule has 1 heterocycles. The van der Waals surface area contributed by atoms with Crippen LogP contribution in [0.5, 0.6) is 0 Å². The number of benzene rings is 1. The summed E-state index contributed by atoms with van der Waals surface area (Å²) in [6, 6.07) is 5.52. The summed E-state index contributed by atoms with van der Waals surface area (Å²) in [7, 11) is -3.43. The molecular formula is C14H21BrN2O2S. The van der Waals surface area contributed by atoms with E-state index in [1.165, 1.54) is 0 Å². The number of halogens is 1. The summed E-state index contributed by atoms with van der Waals surface area (Å²) >= 11 is 3.36. The molecule has 112 valence electrons. The fraction of sp³-hybridized carbons (Fsp3) is 0.571. The van der Waals surface area contributed by atoms with E-state index in [-0.39, 0.29) is 6.04 Å². The van der Waals surface area contributed by atoms with Crippen molar-refractivity contribution in [1.82, 2.24) is 9.62 Å². The van der Waals surface area contributed by atoms with Crippen molar-refractivity contribution in [2.24, 2.45) is 0 Å². The van der Waals surface area contributed by atoms with E-state index in [0.717, 1.165) is 36.0 Å². The second-order valence-corrected chi connectivity index (χ2v) is 7.87. The van der Waals surface area contributed by atoms with Gasteiger partial charge in [-0.15, -0.1) is 0 Å². The molecule has 1 fully saturated rings. The van der Waals surface area contributed by atoms with Gasteiger partial charge in [0, 0.05) is 17.1 Å². The van der Waals surface area contributed by atoms with E-state index < -0.39 is 10.0 Å². The highest BCUT2D eigenvalue weighted by molar-refractivity contribution is 9.10. The van der Waals surface area contributed by atoms with Crippen molar-refractivity contribution >= 4 is 26.0 Å². The maximum Gasteiger partial charge on any atom is 0.243 e. The standard InChI is InChI=1S/C14H21BrN2O2S/c1-3-17(13-6-8-16-9-7-13)20(18,19)14-10-12(15)5-4-11(14)2/h4-5,10,13,16H,3,6-9H2,1-2H3. The SMILES string of the molecule is CCN(C1CCNCC1)S(=O)(=O)c1cc(Br)ccc1C. The van der Waals surface area contributed by atoms with Crippen LogP contribution in [0.1, 0.15) is 25.3 Å². The van der Waals surface area contributed by atoms with Gasteiger partial charge in [0.05, 0.1) is 4.90 Å². The Morgan fingerprint density at radius 2 is 2.00 bits per heavy atom. The van der Waals surface area contributed by atoms with Gasteiger partial charge in [0.15, 0.2) is 0 Å². The van der Waals surface area contributed by atoms with Gasteiger partial charge in [-0.05, 0) is 50.6 Å². The van der Waals surface area contributed by atoms with E-state index in [0.29, 0.717) is 11.4 Å². The van der Waals surface area contributed by atoms with Gasteiger partial charge in [-0.2, -0.15) is 4.31 Å². The van der Waals surface area contributed by atoms with Crippen molar-refractivity contribution in [3.63, 3.8) is 0 Å². The van der Waals surface area contributed by atoms with Gasteiger partial charge in [-0.25, -0.2) is 8.42 Å². The molecule has 1 saturated heterocycles. The van der Waals surface area contributed by atoms with Crippen LogP contribution in [-0.2, 0) is 10.0 Å². The number of piperidine rings is 1. The quantitative estimate of drug-likeness (QED) is 0.897. The first-order valence-corrected chi connectivity index (χ1v) is 9.19. The first kappa shape index (κ1) is 15.9. The third-order valence-corrected chi connectivity index (χ3v) is 6.43. The lowest BCUT2D eigenvalue weighted by Crippen LogP contribution is -2.46. The van der Waals surface area contributed by atoms with Gasteiger partial charge in [0.2, 0.25) is 10.0 Å². The zero-order valence-electron chi connectivity index (χ0n) is 11.9. The fourth-order valence-corrected chi connectivity index (χ4v) is 5.16. The van der Waals surface area contributed by atoms with Crippen molar-refractivity contribution in [3.8, 4) is 0 Å². The zero-order valence-corrected chi connectivity index (χ0v) is 14.3. The number of hydrogen-bond donors (Lipinski definition) is 1. The van der Waals surface area contributed by atoms with Gasteiger partial charge < -0.3 is 5.32 Å². The van der Waals surface area contributed by atoms with Crippen LogP contribution in [0.4, 0.5) is 0 Å². The van der Waals surface area contributed by atoms with E-state index in [1.54, 1.807) is 10.4 Å². The second-order valence-electron chi connectivity index (χ2n) is 5.10. The Hall–Kier alpha value is -0.430. The van der Waals surface area contributed by atoms with Crippen LogP contribution in [0.3, 0.4) is 0 Å². The normalized spacial score (nSPS) is 17.6. The van der Waals surface area contributed by atoms with E-state index in [2.05, 4.69) is 21.2 Å². The predicted molar refractivity (Wildman–Crippen MR) is 84.3 cm³/mol. The summed E-state index contributed by atoms with van der Waals surface area (Å²) in [4.78, 5) is 0.409. The van der Waals surface area contributed by atoms with Crippen LogP contribution in [0, 0.1) is 6.92 Å². The van der Waals surface area contributed by atoms with Crippen LogP contribution in [0.15, 0.2) is 27.6 Å².